The summed E-state index contributed by atoms with van der Waals surface area (Å²) in [6, 6.07) is -0.129. The van der Waals surface area contributed by atoms with E-state index in [2.05, 4.69) is 19.9 Å². The van der Waals surface area contributed by atoms with E-state index in [1.54, 1.807) is 6.20 Å². The molecule has 0 aromatic carbocycles. The summed E-state index contributed by atoms with van der Waals surface area (Å²) in [7, 11) is 0. The predicted molar refractivity (Wildman–Crippen MR) is 62.7 cm³/mol. The molecule has 0 atom stereocenters. The molecular weight excluding hydrogens is 299 g/mol. The van der Waals surface area contributed by atoms with Crippen molar-refractivity contribution in [3.63, 3.8) is 0 Å². The van der Waals surface area contributed by atoms with Gasteiger partial charge >= 0.3 is 12.2 Å². The lowest BCUT2D eigenvalue weighted by molar-refractivity contribution is -0.136. The van der Waals surface area contributed by atoms with Crippen LogP contribution in [0.4, 0.5) is 13.2 Å². The summed E-state index contributed by atoms with van der Waals surface area (Å²) in [5.41, 5.74) is 0. The Bertz CT molecular complexity index is 561. The highest BCUT2D eigenvalue weighted by atomic mass is 35.5. The number of alkyl halides is 3. The molecule has 20 heavy (non-hydrogen) atoms. The van der Waals surface area contributed by atoms with Crippen LogP contribution >= 0.6 is 11.6 Å². The van der Waals surface area contributed by atoms with Gasteiger partial charge < -0.3 is 4.74 Å². The Labute approximate surface area is 116 Å². The summed E-state index contributed by atoms with van der Waals surface area (Å²) < 4.78 is 42.4. The molecule has 10 heteroatoms. The van der Waals surface area contributed by atoms with E-state index in [4.69, 9.17) is 16.3 Å². The first kappa shape index (κ1) is 14.5. The molecule has 0 unspecified atom stereocenters. The van der Waals surface area contributed by atoms with Crippen molar-refractivity contribution in [1.82, 2.24) is 24.5 Å². The van der Waals surface area contributed by atoms with Crippen molar-refractivity contribution in [1.29, 1.82) is 0 Å². The molecule has 0 saturated carbocycles. The Morgan fingerprint density at radius 2 is 2.05 bits per heavy atom. The Kier molecular flexibility index (Phi) is 4.38. The summed E-state index contributed by atoms with van der Waals surface area (Å²) in [6.07, 6.45) is -0.783. The van der Waals surface area contributed by atoms with Crippen LogP contribution in [0.3, 0.4) is 0 Å². The lowest BCUT2D eigenvalue weighted by Crippen LogP contribution is -2.11. The quantitative estimate of drug-likeness (QED) is 0.794. The van der Waals surface area contributed by atoms with Crippen molar-refractivity contribution in [2.75, 3.05) is 6.61 Å². The average Bonchev–Trinajstić information content (AvgIpc) is 2.86. The van der Waals surface area contributed by atoms with Crippen LogP contribution in [0.25, 0.3) is 5.95 Å². The topological polar surface area (TPSA) is 65.7 Å². The van der Waals surface area contributed by atoms with Crippen molar-refractivity contribution in [2.45, 2.75) is 19.0 Å². The van der Waals surface area contributed by atoms with E-state index in [-0.39, 0.29) is 30.3 Å². The Morgan fingerprint density at radius 3 is 2.70 bits per heavy atom. The van der Waals surface area contributed by atoms with Crippen molar-refractivity contribution in [3.05, 3.63) is 24.0 Å². The number of nitrogens with zero attached hydrogens (tertiary/aromatic N) is 5. The van der Waals surface area contributed by atoms with Crippen LogP contribution < -0.4 is 4.74 Å². The molecule has 0 bridgehead atoms. The molecule has 2 heterocycles. The second kappa shape index (κ2) is 6.04. The zero-order valence-corrected chi connectivity index (χ0v) is 10.8. The van der Waals surface area contributed by atoms with Crippen LogP contribution in [0.2, 0.25) is 5.28 Å². The van der Waals surface area contributed by atoms with Crippen LogP contribution in [0.1, 0.15) is 12.8 Å². The molecule has 0 spiro atoms. The van der Waals surface area contributed by atoms with Gasteiger partial charge in [0.25, 0.3) is 0 Å². The normalized spacial score (nSPS) is 11.6. The van der Waals surface area contributed by atoms with Crippen LogP contribution in [0.5, 0.6) is 6.01 Å². The van der Waals surface area contributed by atoms with Gasteiger partial charge in [0.05, 0.1) is 6.61 Å². The molecule has 0 radical (unpaired) electrons. The second-order valence-corrected chi connectivity index (χ2v) is 4.06. The lowest BCUT2D eigenvalue weighted by atomic mass is 10.3. The maximum absolute atomic E-state index is 12.0. The number of aromatic nitrogens is 5. The largest absolute Gasteiger partial charge is 0.463 e. The summed E-state index contributed by atoms with van der Waals surface area (Å²) in [5.74, 6) is 0.174. The van der Waals surface area contributed by atoms with Crippen molar-refractivity contribution in [2.24, 2.45) is 0 Å². The average molecular weight is 308 g/mol. The third kappa shape index (κ3) is 4.34. The maximum Gasteiger partial charge on any atom is 0.389 e. The molecule has 2 rings (SSSR count). The number of hydrogen-bond acceptors (Lipinski definition) is 5. The molecule has 0 fully saturated rings. The number of imidazole rings is 1. The summed E-state index contributed by atoms with van der Waals surface area (Å²) in [4.78, 5) is 15.3. The first-order chi connectivity index (χ1) is 9.44. The monoisotopic (exact) mass is 307 g/mol. The van der Waals surface area contributed by atoms with E-state index >= 15 is 0 Å². The summed E-state index contributed by atoms with van der Waals surface area (Å²) in [5, 5.41) is -0.116. The molecule has 2 aromatic rings. The van der Waals surface area contributed by atoms with E-state index in [0.29, 0.717) is 0 Å². The molecule has 2 aromatic heterocycles. The molecule has 6 nitrogen and oxygen atoms in total. The van der Waals surface area contributed by atoms with Crippen LogP contribution in [-0.2, 0) is 0 Å². The molecule has 0 N–H and O–H groups in total. The van der Waals surface area contributed by atoms with Gasteiger partial charge in [0, 0.05) is 18.8 Å². The molecule has 0 amide bonds. The molecule has 108 valence electrons. The standard InChI is InChI=1S/C10H9ClF3N5O/c11-7-16-8(19-4-3-15-6-19)18-9(17-7)20-5-1-2-10(12,13)14/h3-4,6H,1-2,5H2. The van der Waals surface area contributed by atoms with Gasteiger partial charge in [0.2, 0.25) is 11.2 Å². The highest BCUT2D eigenvalue weighted by molar-refractivity contribution is 6.28. The Balaban J connectivity index is 1.98. The van der Waals surface area contributed by atoms with Gasteiger partial charge in [-0.15, -0.1) is 0 Å². The highest BCUT2D eigenvalue weighted by Crippen LogP contribution is 2.21. The van der Waals surface area contributed by atoms with Gasteiger partial charge in [0.15, 0.2) is 0 Å². The summed E-state index contributed by atoms with van der Waals surface area (Å²) >= 11 is 5.70. The number of halogens is 4. The van der Waals surface area contributed by atoms with Gasteiger partial charge in [-0.2, -0.15) is 28.1 Å². The van der Waals surface area contributed by atoms with Crippen LogP contribution in [0.15, 0.2) is 18.7 Å². The first-order valence-corrected chi connectivity index (χ1v) is 5.91. The number of ether oxygens (including phenoxy) is 1. The van der Waals surface area contributed by atoms with Crippen LogP contribution in [0, 0.1) is 0 Å². The molecular formula is C10H9ClF3N5O. The smallest absolute Gasteiger partial charge is 0.389 e. The SMILES string of the molecule is FC(F)(F)CCCOc1nc(Cl)nc(-n2ccnc2)n1. The Hall–Kier alpha value is -1.90. The van der Waals surface area contributed by atoms with Gasteiger partial charge in [-0.1, -0.05) is 0 Å². The third-order valence-electron chi connectivity index (χ3n) is 2.15. The Morgan fingerprint density at radius 1 is 1.25 bits per heavy atom. The molecule has 0 aliphatic heterocycles. The van der Waals surface area contributed by atoms with E-state index in [9.17, 15) is 13.2 Å². The summed E-state index contributed by atoms with van der Waals surface area (Å²) in [6.45, 7) is -0.163. The van der Waals surface area contributed by atoms with E-state index in [0.717, 1.165) is 0 Å². The van der Waals surface area contributed by atoms with Crippen LogP contribution in [-0.4, -0.2) is 37.3 Å². The maximum atomic E-state index is 12.0. The zero-order chi connectivity index (χ0) is 14.6. The number of hydrogen-bond donors (Lipinski definition) is 0. The first-order valence-electron chi connectivity index (χ1n) is 5.53. The second-order valence-electron chi connectivity index (χ2n) is 3.72. The highest BCUT2D eigenvalue weighted by Gasteiger charge is 2.26. The minimum atomic E-state index is -4.21. The molecule has 0 aliphatic rings. The van der Waals surface area contributed by atoms with E-state index < -0.39 is 12.6 Å². The molecule has 0 saturated heterocycles. The fraction of sp³-hybridized carbons (Fsp3) is 0.400. The minimum Gasteiger partial charge on any atom is -0.463 e. The van der Waals surface area contributed by atoms with E-state index in [1.807, 2.05) is 0 Å². The fourth-order valence-corrected chi connectivity index (χ4v) is 1.46. The predicted octanol–water partition coefficient (Wildman–Crippen LogP) is 2.43. The zero-order valence-electron chi connectivity index (χ0n) is 10.0. The van der Waals surface area contributed by atoms with Crippen molar-refractivity contribution < 1.29 is 17.9 Å². The number of rotatable bonds is 5. The fourth-order valence-electron chi connectivity index (χ4n) is 1.32. The minimum absolute atomic E-state index is 0.116. The molecule has 0 aliphatic carbocycles. The van der Waals surface area contributed by atoms with Gasteiger partial charge in [-0.25, -0.2) is 4.98 Å². The van der Waals surface area contributed by atoms with Gasteiger partial charge in [-0.05, 0) is 18.0 Å². The van der Waals surface area contributed by atoms with Crippen molar-refractivity contribution in [3.8, 4) is 12.0 Å². The third-order valence-corrected chi connectivity index (χ3v) is 2.32. The van der Waals surface area contributed by atoms with Gasteiger partial charge in [0.1, 0.15) is 6.33 Å². The van der Waals surface area contributed by atoms with Gasteiger partial charge in [-0.3, -0.25) is 4.57 Å². The van der Waals surface area contributed by atoms with E-state index in [1.165, 1.54) is 17.1 Å². The van der Waals surface area contributed by atoms with Crippen molar-refractivity contribution >= 4 is 11.6 Å². The lowest BCUT2D eigenvalue weighted by Gasteiger charge is -2.08.